The third kappa shape index (κ3) is 2.07. The Hall–Kier alpha value is -1.33. The standard InChI is InChI=1S/C14H21N3O2/c1-14(2,3)10(6-18)15-13(19)12-9-5-7-4-8(7)11(9)16-17-12/h5,8,10-11,16-18H,4,6H2,1-3H3,(H,15,19)/t8?,10-,11?/m1/s1. The number of hydrazine groups is 1. The van der Waals surface area contributed by atoms with Gasteiger partial charge in [-0.2, -0.15) is 0 Å². The molecule has 2 aliphatic carbocycles. The van der Waals surface area contributed by atoms with E-state index in [1.54, 1.807) is 0 Å². The molecular weight excluding hydrogens is 242 g/mol. The van der Waals surface area contributed by atoms with Crippen LogP contribution in [0.2, 0.25) is 0 Å². The van der Waals surface area contributed by atoms with Crippen molar-refractivity contribution in [2.24, 2.45) is 11.3 Å². The summed E-state index contributed by atoms with van der Waals surface area (Å²) in [6.07, 6.45) is 3.28. The van der Waals surface area contributed by atoms with Crippen molar-refractivity contribution in [3.05, 3.63) is 22.9 Å². The van der Waals surface area contributed by atoms with Crippen LogP contribution in [-0.4, -0.2) is 29.7 Å². The molecule has 1 heterocycles. The van der Waals surface area contributed by atoms with Gasteiger partial charge in [-0.05, 0) is 11.8 Å². The average Bonchev–Trinajstić information content (AvgIpc) is 2.82. The van der Waals surface area contributed by atoms with Gasteiger partial charge in [0.25, 0.3) is 5.91 Å². The zero-order chi connectivity index (χ0) is 13.8. The predicted octanol–water partition coefficient (Wildman–Crippen LogP) is 0.200. The van der Waals surface area contributed by atoms with E-state index in [9.17, 15) is 9.90 Å². The average molecular weight is 263 g/mol. The maximum absolute atomic E-state index is 12.3. The van der Waals surface area contributed by atoms with Gasteiger partial charge in [0, 0.05) is 11.5 Å². The first-order chi connectivity index (χ1) is 8.91. The van der Waals surface area contributed by atoms with Crippen LogP contribution in [0, 0.1) is 11.3 Å². The molecule has 3 atom stereocenters. The Bertz CT molecular complexity index is 487. The van der Waals surface area contributed by atoms with Gasteiger partial charge in [0.05, 0.1) is 18.7 Å². The van der Waals surface area contributed by atoms with E-state index in [0.29, 0.717) is 11.6 Å². The fourth-order valence-corrected chi connectivity index (χ4v) is 2.78. The van der Waals surface area contributed by atoms with E-state index in [2.05, 4.69) is 22.2 Å². The molecule has 0 aromatic carbocycles. The molecule has 1 fully saturated rings. The second-order valence-electron chi connectivity index (χ2n) is 6.68. The summed E-state index contributed by atoms with van der Waals surface area (Å²) in [5.41, 5.74) is 9.10. The van der Waals surface area contributed by atoms with E-state index >= 15 is 0 Å². The Morgan fingerprint density at radius 2 is 2.32 bits per heavy atom. The van der Waals surface area contributed by atoms with Crippen LogP contribution >= 0.6 is 0 Å². The van der Waals surface area contributed by atoms with Crippen LogP contribution in [0.25, 0.3) is 0 Å². The Morgan fingerprint density at radius 1 is 1.58 bits per heavy atom. The number of aliphatic hydroxyl groups excluding tert-OH is 1. The Kier molecular flexibility index (Phi) is 2.73. The monoisotopic (exact) mass is 263 g/mol. The zero-order valence-corrected chi connectivity index (χ0v) is 11.6. The highest BCUT2D eigenvalue weighted by atomic mass is 16.3. The minimum absolute atomic E-state index is 0.0571. The lowest BCUT2D eigenvalue weighted by molar-refractivity contribution is -0.119. The van der Waals surface area contributed by atoms with E-state index in [0.717, 1.165) is 12.0 Å². The summed E-state index contributed by atoms with van der Waals surface area (Å²) in [6, 6.07) is 0.00973. The SMILES string of the molecule is CC(C)(C)[C@@H](CO)NC(=O)C1=C2C=C3CC3C2NN1. The number of nitrogens with one attached hydrogen (secondary N) is 3. The third-order valence-corrected chi connectivity index (χ3v) is 4.25. The van der Waals surface area contributed by atoms with E-state index in [4.69, 9.17) is 0 Å². The summed E-state index contributed by atoms with van der Waals surface area (Å²) >= 11 is 0. The van der Waals surface area contributed by atoms with Gasteiger partial charge in [0.15, 0.2) is 0 Å². The van der Waals surface area contributed by atoms with Gasteiger partial charge in [0.1, 0.15) is 5.70 Å². The lowest BCUT2D eigenvalue weighted by atomic mass is 9.87. The number of hydrogen-bond acceptors (Lipinski definition) is 4. The Labute approximate surface area is 113 Å². The number of carbonyl (C=O) groups is 1. The smallest absolute Gasteiger partial charge is 0.269 e. The molecule has 19 heavy (non-hydrogen) atoms. The highest BCUT2D eigenvalue weighted by Crippen LogP contribution is 2.50. The number of fused-ring (bicyclic) bond motifs is 3. The van der Waals surface area contributed by atoms with Crippen molar-refractivity contribution in [3.8, 4) is 0 Å². The summed E-state index contributed by atoms with van der Waals surface area (Å²) in [4.78, 5) is 12.3. The number of carbonyl (C=O) groups excluding carboxylic acids is 1. The Morgan fingerprint density at radius 3 is 2.95 bits per heavy atom. The highest BCUT2D eigenvalue weighted by Gasteiger charge is 2.48. The van der Waals surface area contributed by atoms with Crippen LogP contribution in [0.4, 0.5) is 0 Å². The largest absolute Gasteiger partial charge is 0.394 e. The van der Waals surface area contributed by atoms with Gasteiger partial charge < -0.3 is 15.8 Å². The van der Waals surface area contributed by atoms with Crippen LogP contribution in [0.5, 0.6) is 0 Å². The molecule has 0 aromatic heterocycles. The van der Waals surface area contributed by atoms with Crippen molar-refractivity contribution < 1.29 is 9.90 Å². The molecule has 1 aliphatic heterocycles. The van der Waals surface area contributed by atoms with Crippen LogP contribution < -0.4 is 16.2 Å². The van der Waals surface area contributed by atoms with Crippen LogP contribution in [-0.2, 0) is 4.79 Å². The molecule has 1 amide bonds. The molecule has 0 aromatic rings. The van der Waals surface area contributed by atoms with E-state index in [1.807, 2.05) is 20.8 Å². The van der Waals surface area contributed by atoms with E-state index in [1.165, 1.54) is 5.57 Å². The molecular formula is C14H21N3O2. The molecule has 5 heteroatoms. The van der Waals surface area contributed by atoms with Gasteiger partial charge in [-0.25, -0.2) is 5.43 Å². The van der Waals surface area contributed by atoms with Crippen molar-refractivity contribution in [1.82, 2.24) is 16.2 Å². The topological polar surface area (TPSA) is 73.4 Å². The second-order valence-corrected chi connectivity index (χ2v) is 6.68. The summed E-state index contributed by atoms with van der Waals surface area (Å²) < 4.78 is 0. The molecule has 3 aliphatic rings. The van der Waals surface area contributed by atoms with E-state index < -0.39 is 0 Å². The molecule has 5 nitrogen and oxygen atoms in total. The highest BCUT2D eigenvalue weighted by molar-refractivity contribution is 5.95. The summed E-state index contributed by atoms with van der Waals surface area (Å²) in [7, 11) is 0. The van der Waals surface area contributed by atoms with Crippen LogP contribution in [0.1, 0.15) is 27.2 Å². The van der Waals surface area contributed by atoms with Crippen molar-refractivity contribution >= 4 is 5.91 Å². The minimum atomic E-state index is -0.252. The third-order valence-electron chi connectivity index (χ3n) is 4.25. The maximum Gasteiger partial charge on any atom is 0.269 e. The minimum Gasteiger partial charge on any atom is -0.394 e. The van der Waals surface area contributed by atoms with Gasteiger partial charge >= 0.3 is 0 Å². The molecule has 0 spiro atoms. The number of amides is 1. The quantitative estimate of drug-likeness (QED) is 0.587. The maximum atomic E-state index is 12.3. The first-order valence-corrected chi connectivity index (χ1v) is 6.79. The van der Waals surface area contributed by atoms with Gasteiger partial charge in [-0.1, -0.05) is 32.4 Å². The first-order valence-electron chi connectivity index (χ1n) is 6.79. The Balaban J connectivity index is 1.75. The van der Waals surface area contributed by atoms with Crippen molar-refractivity contribution in [2.45, 2.75) is 39.3 Å². The fourth-order valence-electron chi connectivity index (χ4n) is 2.78. The summed E-state index contributed by atoms with van der Waals surface area (Å²) in [5.74, 6) is 0.446. The van der Waals surface area contributed by atoms with Gasteiger partial charge in [-0.15, -0.1) is 0 Å². The van der Waals surface area contributed by atoms with Crippen LogP contribution in [0.15, 0.2) is 22.9 Å². The molecule has 2 unspecified atom stereocenters. The molecule has 4 N–H and O–H groups in total. The lowest BCUT2D eigenvalue weighted by Crippen LogP contribution is -2.48. The van der Waals surface area contributed by atoms with Crippen LogP contribution in [0.3, 0.4) is 0 Å². The van der Waals surface area contributed by atoms with E-state index in [-0.39, 0.29) is 30.0 Å². The number of rotatable bonds is 3. The molecule has 1 saturated carbocycles. The van der Waals surface area contributed by atoms with Crippen molar-refractivity contribution in [2.75, 3.05) is 6.61 Å². The summed E-state index contributed by atoms with van der Waals surface area (Å²) in [6.45, 7) is 5.95. The molecule has 3 rings (SSSR count). The predicted molar refractivity (Wildman–Crippen MR) is 71.7 cm³/mol. The fraction of sp³-hybridized carbons (Fsp3) is 0.643. The van der Waals surface area contributed by atoms with Gasteiger partial charge in [0.2, 0.25) is 0 Å². The number of aliphatic hydroxyl groups is 1. The molecule has 104 valence electrons. The second kappa shape index (κ2) is 4.08. The lowest BCUT2D eigenvalue weighted by Gasteiger charge is -2.30. The molecule has 0 bridgehead atoms. The molecule has 0 radical (unpaired) electrons. The van der Waals surface area contributed by atoms with Gasteiger partial charge in [-0.3, -0.25) is 4.79 Å². The number of hydrogen-bond donors (Lipinski definition) is 4. The molecule has 0 saturated heterocycles. The van der Waals surface area contributed by atoms with Crippen molar-refractivity contribution in [1.29, 1.82) is 0 Å². The van der Waals surface area contributed by atoms with Crippen molar-refractivity contribution in [3.63, 3.8) is 0 Å². The zero-order valence-electron chi connectivity index (χ0n) is 11.6. The first kappa shape index (κ1) is 12.7. The summed E-state index contributed by atoms with van der Waals surface area (Å²) in [5, 5.41) is 12.3. The normalized spacial score (nSPS) is 29.4.